The number of aliphatic hydroxyl groups is 1. The highest BCUT2D eigenvalue weighted by molar-refractivity contribution is 5.93. The van der Waals surface area contributed by atoms with Crippen LogP contribution in [0.15, 0.2) is 42.6 Å². The van der Waals surface area contributed by atoms with Gasteiger partial charge in [-0.2, -0.15) is 4.39 Å². The fourth-order valence-corrected chi connectivity index (χ4v) is 3.02. The van der Waals surface area contributed by atoms with E-state index in [1.165, 1.54) is 12.3 Å². The molecule has 1 fully saturated rings. The van der Waals surface area contributed by atoms with Gasteiger partial charge in [0.05, 0.1) is 6.10 Å². The molecule has 1 aliphatic rings. The predicted molar refractivity (Wildman–Crippen MR) is 92.3 cm³/mol. The molecule has 0 bridgehead atoms. The van der Waals surface area contributed by atoms with Gasteiger partial charge in [-0.1, -0.05) is 24.3 Å². The lowest BCUT2D eigenvalue weighted by Crippen LogP contribution is -2.35. The minimum absolute atomic E-state index is 0.188. The summed E-state index contributed by atoms with van der Waals surface area (Å²) in [7, 11) is 0. The van der Waals surface area contributed by atoms with Crippen molar-refractivity contribution in [2.24, 2.45) is 0 Å². The van der Waals surface area contributed by atoms with Crippen LogP contribution in [0.3, 0.4) is 0 Å². The molecule has 25 heavy (non-hydrogen) atoms. The van der Waals surface area contributed by atoms with E-state index in [1.807, 2.05) is 18.2 Å². The number of hydrogen-bond donors (Lipinski definition) is 2. The van der Waals surface area contributed by atoms with E-state index in [1.54, 1.807) is 0 Å². The monoisotopic (exact) mass is 343 g/mol. The van der Waals surface area contributed by atoms with Crippen molar-refractivity contribution < 1.29 is 14.3 Å². The van der Waals surface area contributed by atoms with Crippen molar-refractivity contribution in [3.63, 3.8) is 0 Å². The summed E-state index contributed by atoms with van der Waals surface area (Å²) < 4.78 is 13.1. The molecule has 6 heteroatoms. The second-order valence-corrected chi connectivity index (χ2v) is 6.33. The number of pyridine rings is 1. The van der Waals surface area contributed by atoms with Gasteiger partial charge in [-0.15, -0.1) is 0 Å². The van der Waals surface area contributed by atoms with Gasteiger partial charge in [0.25, 0.3) is 5.91 Å². The molecule has 2 heterocycles. The number of rotatable bonds is 5. The third-order valence-corrected chi connectivity index (χ3v) is 4.50. The Kier molecular flexibility index (Phi) is 5.73. The fourth-order valence-electron chi connectivity index (χ4n) is 3.02. The van der Waals surface area contributed by atoms with Gasteiger partial charge in [-0.25, -0.2) is 4.98 Å². The third-order valence-electron chi connectivity index (χ3n) is 4.50. The lowest BCUT2D eigenvalue weighted by Gasteiger charge is -2.30. The van der Waals surface area contributed by atoms with E-state index in [-0.39, 0.29) is 17.6 Å². The molecule has 0 radical (unpaired) electrons. The number of nitrogens with zero attached hydrogens (tertiary/aromatic N) is 2. The van der Waals surface area contributed by atoms with Gasteiger partial charge >= 0.3 is 0 Å². The summed E-state index contributed by atoms with van der Waals surface area (Å²) in [5.41, 5.74) is 2.45. The molecule has 0 unspecified atom stereocenters. The van der Waals surface area contributed by atoms with Crippen LogP contribution in [0.2, 0.25) is 0 Å². The van der Waals surface area contributed by atoms with Crippen LogP contribution in [-0.2, 0) is 13.1 Å². The average Bonchev–Trinajstić information content (AvgIpc) is 2.62. The van der Waals surface area contributed by atoms with Gasteiger partial charge in [0.1, 0.15) is 0 Å². The Labute approximate surface area is 146 Å². The molecule has 1 amide bonds. The summed E-state index contributed by atoms with van der Waals surface area (Å²) in [6.07, 6.45) is 2.69. The summed E-state index contributed by atoms with van der Waals surface area (Å²) >= 11 is 0. The van der Waals surface area contributed by atoms with E-state index in [0.29, 0.717) is 6.54 Å². The lowest BCUT2D eigenvalue weighted by atomic mass is 10.0. The standard InChI is InChI=1S/C19H22FN3O2/c20-18-11-14(5-8-21-18)19(25)22-12-15-3-1-2-4-16(15)13-23-9-6-17(24)7-10-23/h1-5,8,11,17,24H,6-7,9-10,12-13H2,(H,22,25). The summed E-state index contributed by atoms with van der Waals surface area (Å²) in [5, 5.41) is 12.5. The number of piperidine rings is 1. The van der Waals surface area contributed by atoms with Crippen LogP contribution < -0.4 is 5.32 Å². The number of benzene rings is 1. The first-order valence-electron chi connectivity index (χ1n) is 8.49. The molecular formula is C19H22FN3O2. The van der Waals surface area contributed by atoms with Crippen LogP contribution in [0, 0.1) is 5.95 Å². The molecule has 2 N–H and O–H groups in total. The highest BCUT2D eigenvalue weighted by Crippen LogP contribution is 2.16. The fraction of sp³-hybridized carbons (Fsp3) is 0.368. The van der Waals surface area contributed by atoms with Crippen molar-refractivity contribution in [2.45, 2.75) is 32.0 Å². The Bertz CT molecular complexity index is 730. The van der Waals surface area contributed by atoms with Gasteiger partial charge in [-0.3, -0.25) is 9.69 Å². The third kappa shape index (κ3) is 4.84. The second kappa shape index (κ2) is 8.18. The van der Waals surface area contributed by atoms with Crippen LogP contribution in [0.1, 0.15) is 34.3 Å². The largest absolute Gasteiger partial charge is 0.393 e. The quantitative estimate of drug-likeness (QED) is 0.816. The van der Waals surface area contributed by atoms with Crippen LogP contribution >= 0.6 is 0 Å². The second-order valence-electron chi connectivity index (χ2n) is 6.33. The number of halogens is 1. The maximum atomic E-state index is 13.1. The average molecular weight is 343 g/mol. The van der Waals surface area contributed by atoms with E-state index in [2.05, 4.69) is 21.3 Å². The number of carbonyl (C=O) groups is 1. The topological polar surface area (TPSA) is 65.5 Å². The number of nitrogens with one attached hydrogen (secondary N) is 1. The van der Waals surface area contributed by atoms with Gasteiger partial charge in [0.15, 0.2) is 0 Å². The van der Waals surface area contributed by atoms with E-state index in [0.717, 1.165) is 49.7 Å². The zero-order valence-corrected chi connectivity index (χ0v) is 14.0. The van der Waals surface area contributed by atoms with Gasteiger partial charge < -0.3 is 10.4 Å². The van der Waals surface area contributed by atoms with Crippen molar-refractivity contribution in [1.29, 1.82) is 0 Å². The van der Waals surface area contributed by atoms with Crippen LogP contribution in [0.5, 0.6) is 0 Å². The molecule has 132 valence electrons. The zero-order chi connectivity index (χ0) is 17.6. The molecule has 1 aromatic carbocycles. The summed E-state index contributed by atoms with van der Waals surface area (Å²) in [4.78, 5) is 17.9. The molecule has 1 saturated heterocycles. The van der Waals surface area contributed by atoms with Crippen LogP contribution in [0.4, 0.5) is 4.39 Å². The Balaban J connectivity index is 1.62. The highest BCUT2D eigenvalue weighted by Gasteiger charge is 2.18. The number of amides is 1. The molecule has 1 aromatic heterocycles. The molecule has 0 saturated carbocycles. The first kappa shape index (κ1) is 17.5. The summed E-state index contributed by atoms with van der Waals surface area (Å²) in [6.45, 7) is 2.92. The van der Waals surface area contributed by atoms with Gasteiger partial charge in [0, 0.05) is 44.0 Å². The molecule has 5 nitrogen and oxygen atoms in total. The van der Waals surface area contributed by atoms with Crippen molar-refractivity contribution in [1.82, 2.24) is 15.2 Å². The van der Waals surface area contributed by atoms with Crippen molar-refractivity contribution in [2.75, 3.05) is 13.1 Å². The zero-order valence-electron chi connectivity index (χ0n) is 14.0. The predicted octanol–water partition coefficient (Wildman–Crippen LogP) is 2.11. The number of aliphatic hydroxyl groups excluding tert-OH is 1. The van der Waals surface area contributed by atoms with Crippen molar-refractivity contribution in [3.05, 3.63) is 65.2 Å². The number of likely N-dealkylation sites (tertiary alicyclic amines) is 1. The molecule has 0 atom stereocenters. The Morgan fingerprint density at radius 3 is 2.68 bits per heavy atom. The van der Waals surface area contributed by atoms with Crippen LogP contribution in [-0.4, -0.2) is 40.1 Å². The molecular weight excluding hydrogens is 321 g/mol. The van der Waals surface area contributed by atoms with E-state index in [9.17, 15) is 14.3 Å². The summed E-state index contributed by atoms with van der Waals surface area (Å²) in [5.74, 6) is -0.988. The van der Waals surface area contributed by atoms with E-state index >= 15 is 0 Å². The number of carbonyl (C=O) groups excluding carboxylic acids is 1. The molecule has 0 aliphatic carbocycles. The number of aromatic nitrogens is 1. The smallest absolute Gasteiger partial charge is 0.251 e. The van der Waals surface area contributed by atoms with Gasteiger partial charge in [-0.05, 0) is 30.0 Å². The van der Waals surface area contributed by atoms with Crippen molar-refractivity contribution in [3.8, 4) is 0 Å². The van der Waals surface area contributed by atoms with Crippen LogP contribution in [0.25, 0.3) is 0 Å². The number of hydrogen-bond acceptors (Lipinski definition) is 4. The minimum Gasteiger partial charge on any atom is -0.393 e. The van der Waals surface area contributed by atoms with Crippen molar-refractivity contribution >= 4 is 5.91 Å². The first-order chi connectivity index (χ1) is 12.1. The van der Waals surface area contributed by atoms with E-state index in [4.69, 9.17) is 0 Å². The summed E-state index contributed by atoms with van der Waals surface area (Å²) in [6, 6.07) is 10.6. The molecule has 3 rings (SSSR count). The maximum absolute atomic E-state index is 13.1. The SMILES string of the molecule is O=C(NCc1ccccc1CN1CCC(O)CC1)c1ccnc(F)c1. The van der Waals surface area contributed by atoms with E-state index < -0.39 is 5.95 Å². The minimum atomic E-state index is -0.666. The Morgan fingerprint density at radius 1 is 1.24 bits per heavy atom. The molecule has 0 spiro atoms. The molecule has 2 aromatic rings. The molecule has 1 aliphatic heterocycles. The lowest BCUT2D eigenvalue weighted by molar-refractivity contribution is 0.0790. The van der Waals surface area contributed by atoms with Gasteiger partial charge in [0.2, 0.25) is 5.95 Å². The Hall–Kier alpha value is -2.31. The highest BCUT2D eigenvalue weighted by atomic mass is 19.1. The Morgan fingerprint density at radius 2 is 1.96 bits per heavy atom. The normalized spacial score (nSPS) is 15.9. The maximum Gasteiger partial charge on any atom is 0.251 e. The first-order valence-corrected chi connectivity index (χ1v) is 8.49.